The summed E-state index contributed by atoms with van der Waals surface area (Å²) in [5.41, 5.74) is 10.8. The zero-order chi connectivity index (χ0) is 39.0. The number of hydrogen-bond acceptors (Lipinski definition) is 4. The Hall–Kier alpha value is -7.30. The van der Waals surface area contributed by atoms with Gasteiger partial charge in [0.05, 0.1) is 22.7 Å². The molecule has 0 bridgehead atoms. The lowest BCUT2D eigenvalue weighted by Crippen LogP contribution is -2.16. The maximum Gasteiger partial charge on any atom is 0.159 e. The van der Waals surface area contributed by atoms with Gasteiger partial charge in [0.15, 0.2) is 11.2 Å². The van der Waals surface area contributed by atoms with Crippen molar-refractivity contribution < 1.29 is 8.83 Å². The molecule has 4 heteroatoms. The summed E-state index contributed by atoms with van der Waals surface area (Å²) in [6, 6.07) is 67.0. The number of furan rings is 2. The molecule has 0 radical (unpaired) electrons. The molecular formula is C54H40N2O2. The smallest absolute Gasteiger partial charge is 0.159 e. The Kier molecular flexibility index (Phi) is 7.70. The number of anilines is 6. The predicted molar refractivity (Wildman–Crippen MR) is 244 cm³/mol. The number of fused-ring (bicyclic) bond motifs is 8. The first-order valence-corrected chi connectivity index (χ1v) is 19.9. The lowest BCUT2D eigenvalue weighted by atomic mass is 9.84. The van der Waals surface area contributed by atoms with Crippen LogP contribution in [0.3, 0.4) is 0 Å². The zero-order valence-corrected chi connectivity index (χ0v) is 32.6. The van der Waals surface area contributed by atoms with Gasteiger partial charge in [-0.1, -0.05) is 154 Å². The number of hydrogen-bond donors (Lipinski definition) is 0. The van der Waals surface area contributed by atoms with Gasteiger partial charge in [0.2, 0.25) is 0 Å². The van der Waals surface area contributed by atoms with E-state index in [4.69, 9.17) is 8.83 Å². The van der Waals surface area contributed by atoms with Crippen molar-refractivity contribution in [1.82, 2.24) is 0 Å². The van der Waals surface area contributed by atoms with E-state index in [-0.39, 0.29) is 5.41 Å². The molecule has 2 heterocycles. The van der Waals surface area contributed by atoms with Gasteiger partial charge in [-0.05, 0) is 65.6 Å². The summed E-state index contributed by atoms with van der Waals surface area (Å²) in [5.74, 6) is 0. The summed E-state index contributed by atoms with van der Waals surface area (Å²) in [6.45, 7) is 6.87. The Bertz CT molecular complexity index is 3340. The molecule has 58 heavy (non-hydrogen) atoms. The lowest BCUT2D eigenvalue weighted by Gasteiger charge is -2.33. The molecule has 0 saturated heterocycles. The number of para-hydroxylation sites is 6. The SMILES string of the molecule is CC(C)(C)c1ccc2c(N(c3ccccc3)c3cccc4c3oc3ccccc34)c3ccccc3c(N(c3ccccc3)c3cccc4c3oc3ccccc34)c2c1. The monoisotopic (exact) mass is 748 g/mol. The summed E-state index contributed by atoms with van der Waals surface area (Å²) in [6.07, 6.45) is 0. The molecule has 0 saturated carbocycles. The molecule has 0 atom stereocenters. The van der Waals surface area contributed by atoms with E-state index in [0.29, 0.717) is 0 Å². The van der Waals surface area contributed by atoms with Gasteiger partial charge in [0.25, 0.3) is 0 Å². The summed E-state index contributed by atoms with van der Waals surface area (Å²) in [4.78, 5) is 4.82. The average Bonchev–Trinajstić information content (AvgIpc) is 3.84. The van der Waals surface area contributed by atoms with Crippen LogP contribution in [0.2, 0.25) is 0 Å². The highest BCUT2D eigenvalue weighted by molar-refractivity contribution is 6.25. The molecule has 9 aromatic carbocycles. The Morgan fingerprint density at radius 2 is 0.741 bits per heavy atom. The topological polar surface area (TPSA) is 32.8 Å². The van der Waals surface area contributed by atoms with Crippen LogP contribution in [0.5, 0.6) is 0 Å². The van der Waals surface area contributed by atoms with Crippen LogP contribution < -0.4 is 9.80 Å². The van der Waals surface area contributed by atoms with Crippen LogP contribution in [0, 0.1) is 0 Å². The third-order valence-electron chi connectivity index (χ3n) is 11.6. The van der Waals surface area contributed by atoms with E-state index in [1.807, 2.05) is 12.1 Å². The fourth-order valence-corrected chi connectivity index (χ4v) is 8.83. The minimum absolute atomic E-state index is 0.105. The predicted octanol–water partition coefficient (Wildman–Crippen LogP) is 16.0. The van der Waals surface area contributed by atoms with Gasteiger partial charge >= 0.3 is 0 Å². The van der Waals surface area contributed by atoms with Crippen molar-refractivity contribution in [1.29, 1.82) is 0 Å². The van der Waals surface area contributed by atoms with Crippen molar-refractivity contribution in [3.8, 4) is 0 Å². The minimum atomic E-state index is -0.105. The van der Waals surface area contributed by atoms with E-state index in [2.05, 4.69) is 206 Å². The van der Waals surface area contributed by atoms with E-state index >= 15 is 0 Å². The second-order valence-corrected chi connectivity index (χ2v) is 16.1. The molecule has 0 aliphatic carbocycles. The van der Waals surface area contributed by atoms with E-state index in [1.165, 1.54) is 5.56 Å². The fourth-order valence-electron chi connectivity index (χ4n) is 8.83. The Morgan fingerprint density at radius 1 is 0.345 bits per heavy atom. The second kappa shape index (κ2) is 13.1. The standard InChI is InChI=1S/C54H40N2O2/c1-54(2,3)35-32-33-42-45(34-35)51(56(37-20-8-5-9-21-37)47-29-17-27-44-39-23-13-15-31-49(39)58-53(44)47)41-25-11-10-24-40(41)50(42)55(36-18-6-4-7-19-36)46-28-16-26-43-38-22-12-14-30-48(38)57-52(43)46/h4-34H,1-3H3. The third kappa shape index (κ3) is 5.29. The molecule has 2 aromatic heterocycles. The van der Waals surface area contributed by atoms with Gasteiger partial charge in [-0.15, -0.1) is 0 Å². The summed E-state index contributed by atoms with van der Waals surface area (Å²) >= 11 is 0. The van der Waals surface area contributed by atoms with Crippen molar-refractivity contribution in [3.05, 3.63) is 194 Å². The zero-order valence-electron chi connectivity index (χ0n) is 32.6. The van der Waals surface area contributed by atoms with E-state index < -0.39 is 0 Å². The van der Waals surface area contributed by atoms with Crippen molar-refractivity contribution in [2.24, 2.45) is 0 Å². The largest absolute Gasteiger partial charge is 0.454 e. The molecule has 0 unspecified atom stereocenters. The van der Waals surface area contributed by atoms with Crippen molar-refractivity contribution >= 4 is 99.5 Å². The number of benzene rings is 9. The first-order chi connectivity index (χ1) is 28.4. The first kappa shape index (κ1) is 34.0. The van der Waals surface area contributed by atoms with E-state index in [1.54, 1.807) is 0 Å². The van der Waals surface area contributed by atoms with Crippen LogP contribution in [0.1, 0.15) is 26.3 Å². The molecule has 278 valence electrons. The fraction of sp³-hybridized carbons (Fsp3) is 0.0741. The molecule has 0 fully saturated rings. The van der Waals surface area contributed by atoms with Gasteiger partial charge in [-0.2, -0.15) is 0 Å². The highest BCUT2D eigenvalue weighted by Gasteiger charge is 2.29. The van der Waals surface area contributed by atoms with Crippen molar-refractivity contribution in [2.45, 2.75) is 26.2 Å². The maximum atomic E-state index is 6.79. The summed E-state index contributed by atoms with van der Waals surface area (Å²) in [5, 5.41) is 8.87. The van der Waals surface area contributed by atoms with Crippen molar-refractivity contribution in [2.75, 3.05) is 9.80 Å². The van der Waals surface area contributed by atoms with Gasteiger partial charge in [0.1, 0.15) is 11.2 Å². The normalized spacial score (nSPS) is 12.1. The van der Waals surface area contributed by atoms with Gasteiger partial charge in [0, 0.05) is 54.5 Å². The van der Waals surface area contributed by atoms with Crippen LogP contribution in [-0.2, 0) is 5.41 Å². The molecule has 11 rings (SSSR count). The molecule has 0 aliphatic heterocycles. The lowest BCUT2D eigenvalue weighted by molar-refractivity contribution is 0.591. The van der Waals surface area contributed by atoms with Crippen molar-refractivity contribution in [3.63, 3.8) is 0 Å². The highest BCUT2D eigenvalue weighted by atomic mass is 16.3. The molecule has 0 N–H and O–H groups in total. The Morgan fingerprint density at radius 3 is 1.22 bits per heavy atom. The summed E-state index contributed by atoms with van der Waals surface area (Å²) in [7, 11) is 0. The molecule has 0 amide bonds. The molecule has 0 aliphatic rings. The second-order valence-electron chi connectivity index (χ2n) is 16.1. The van der Waals surface area contributed by atoms with Gasteiger partial charge < -0.3 is 18.6 Å². The number of nitrogens with zero attached hydrogens (tertiary/aromatic N) is 2. The van der Waals surface area contributed by atoms with Gasteiger partial charge in [-0.3, -0.25) is 0 Å². The average molecular weight is 749 g/mol. The molecular weight excluding hydrogens is 709 g/mol. The first-order valence-electron chi connectivity index (χ1n) is 19.9. The van der Waals surface area contributed by atoms with Crippen LogP contribution in [-0.4, -0.2) is 0 Å². The molecule has 4 nitrogen and oxygen atoms in total. The Balaban J connectivity index is 1.30. The van der Waals surface area contributed by atoms with E-state index in [9.17, 15) is 0 Å². The third-order valence-corrected chi connectivity index (χ3v) is 11.6. The molecule has 11 aromatic rings. The minimum Gasteiger partial charge on any atom is -0.454 e. The Labute approximate surface area is 336 Å². The highest BCUT2D eigenvalue weighted by Crippen LogP contribution is 2.54. The number of rotatable bonds is 6. The van der Waals surface area contributed by atoms with Crippen LogP contribution >= 0.6 is 0 Å². The van der Waals surface area contributed by atoms with Crippen LogP contribution in [0.15, 0.2) is 197 Å². The quantitative estimate of drug-likeness (QED) is 0.125. The van der Waals surface area contributed by atoms with Crippen LogP contribution in [0.4, 0.5) is 34.1 Å². The molecule has 0 spiro atoms. The maximum absolute atomic E-state index is 6.79. The summed E-state index contributed by atoms with van der Waals surface area (Å²) < 4.78 is 13.6. The van der Waals surface area contributed by atoms with Gasteiger partial charge in [-0.25, -0.2) is 0 Å². The van der Waals surface area contributed by atoms with E-state index in [0.717, 1.165) is 99.5 Å². The van der Waals surface area contributed by atoms with Crippen LogP contribution in [0.25, 0.3) is 65.4 Å².